The Balaban J connectivity index is 1.64. The van der Waals surface area contributed by atoms with E-state index in [2.05, 4.69) is 10.3 Å². The Morgan fingerprint density at radius 2 is 1.96 bits per heavy atom. The van der Waals surface area contributed by atoms with E-state index in [1.807, 2.05) is 24.3 Å². The van der Waals surface area contributed by atoms with Gasteiger partial charge in [-0.1, -0.05) is 0 Å². The van der Waals surface area contributed by atoms with Gasteiger partial charge in [0.15, 0.2) is 0 Å². The molecule has 1 saturated carbocycles. The number of aromatic nitrogens is 1. The van der Waals surface area contributed by atoms with Gasteiger partial charge in [0.25, 0.3) is 5.91 Å². The number of carbonyl (C=O) groups is 1. The number of thiazole rings is 1. The highest BCUT2D eigenvalue weighted by molar-refractivity contribution is 7.16. The van der Waals surface area contributed by atoms with Gasteiger partial charge in [0.05, 0.1) is 19.4 Å². The number of rotatable bonds is 4. The minimum Gasteiger partial charge on any atom is -0.497 e. The molecule has 1 amide bonds. The van der Waals surface area contributed by atoms with Crippen molar-refractivity contribution < 1.29 is 14.6 Å². The first-order valence-electron chi connectivity index (χ1n) is 7.75. The van der Waals surface area contributed by atoms with E-state index in [0.29, 0.717) is 4.88 Å². The molecule has 0 unspecified atom stereocenters. The molecule has 1 aliphatic rings. The quantitative estimate of drug-likeness (QED) is 0.903. The van der Waals surface area contributed by atoms with Crippen molar-refractivity contribution in [2.45, 2.75) is 37.8 Å². The van der Waals surface area contributed by atoms with Gasteiger partial charge in [-0.15, -0.1) is 11.3 Å². The number of hydrogen-bond acceptors (Lipinski definition) is 5. The van der Waals surface area contributed by atoms with Crippen LogP contribution in [0.25, 0.3) is 10.6 Å². The lowest BCUT2D eigenvalue weighted by molar-refractivity contribution is 0.0871. The lowest BCUT2D eigenvalue weighted by Crippen LogP contribution is -2.38. The molecule has 1 aromatic heterocycles. The normalized spacial score (nSPS) is 21.0. The average Bonchev–Trinajstić information content (AvgIpc) is 3.07. The van der Waals surface area contributed by atoms with Crippen molar-refractivity contribution in [1.82, 2.24) is 10.3 Å². The average molecular weight is 332 g/mol. The third-order valence-corrected chi connectivity index (χ3v) is 5.14. The van der Waals surface area contributed by atoms with Crippen LogP contribution in [0.3, 0.4) is 0 Å². The number of benzene rings is 1. The number of hydrogen-bond donors (Lipinski definition) is 2. The summed E-state index contributed by atoms with van der Waals surface area (Å²) in [6.45, 7) is 0. The zero-order chi connectivity index (χ0) is 16.2. The molecular weight excluding hydrogens is 312 g/mol. The van der Waals surface area contributed by atoms with Gasteiger partial charge in [0.1, 0.15) is 15.6 Å². The molecule has 0 bridgehead atoms. The number of nitrogens with one attached hydrogen (secondary N) is 1. The second-order valence-corrected chi connectivity index (χ2v) is 6.77. The topological polar surface area (TPSA) is 71.5 Å². The lowest BCUT2D eigenvalue weighted by atomic mass is 9.93. The SMILES string of the molecule is COc1ccc(-c2ncc(C(=O)NC3CCC(O)CC3)s2)cc1. The molecule has 0 aliphatic heterocycles. The minimum absolute atomic E-state index is 0.0800. The smallest absolute Gasteiger partial charge is 0.263 e. The van der Waals surface area contributed by atoms with E-state index in [1.54, 1.807) is 13.3 Å². The summed E-state index contributed by atoms with van der Waals surface area (Å²) in [6.07, 6.45) is 4.58. The summed E-state index contributed by atoms with van der Waals surface area (Å²) in [6, 6.07) is 7.77. The number of methoxy groups -OCH3 is 1. The predicted molar refractivity (Wildman–Crippen MR) is 89.8 cm³/mol. The van der Waals surface area contributed by atoms with Crippen LogP contribution in [-0.4, -0.2) is 35.3 Å². The first-order chi connectivity index (χ1) is 11.2. The van der Waals surface area contributed by atoms with Crippen molar-refractivity contribution >= 4 is 17.2 Å². The van der Waals surface area contributed by atoms with Crippen LogP contribution in [0.5, 0.6) is 5.75 Å². The summed E-state index contributed by atoms with van der Waals surface area (Å²) in [4.78, 5) is 17.3. The first kappa shape index (κ1) is 16.0. The maximum absolute atomic E-state index is 12.3. The molecule has 5 nitrogen and oxygen atoms in total. The molecule has 0 spiro atoms. The van der Waals surface area contributed by atoms with E-state index < -0.39 is 0 Å². The van der Waals surface area contributed by atoms with Crippen molar-refractivity contribution in [3.8, 4) is 16.3 Å². The van der Waals surface area contributed by atoms with Crippen molar-refractivity contribution in [3.63, 3.8) is 0 Å². The third-order valence-electron chi connectivity index (χ3n) is 4.10. The van der Waals surface area contributed by atoms with Crippen molar-refractivity contribution in [2.24, 2.45) is 0 Å². The summed E-state index contributed by atoms with van der Waals surface area (Å²) >= 11 is 1.38. The van der Waals surface area contributed by atoms with Crippen LogP contribution >= 0.6 is 11.3 Å². The molecule has 2 N–H and O–H groups in total. The van der Waals surface area contributed by atoms with Gasteiger partial charge >= 0.3 is 0 Å². The molecule has 1 heterocycles. The summed E-state index contributed by atoms with van der Waals surface area (Å²) in [7, 11) is 1.63. The molecular formula is C17H20N2O3S. The van der Waals surface area contributed by atoms with E-state index in [4.69, 9.17) is 4.74 Å². The van der Waals surface area contributed by atoms with Gasteiger partial charge in [-0.3, -0.25) is 4.79 Å². The predicted octanol–water partition coefficient (Wildman–Crippen LogP) is 2.85. The molecule has 1 aliphatic carbocycles. The fourth-order valence-corrected chi connectivity index (χ4v) is 3.55. The number of nitrogens with zero attached hydrogens (tertiary/aromatic N) is 1. The van der Waals surface area contributed by atoms with Crippen LogP contribution in [0.2, 0.25) is 0 Å². The fraction of sp³-hybridized carbons (Fsp3) is 0.412. The van der Waals surface area contributed by atoms with Crippen LogP contribution in [0.4, 0.5) is 0 Å². The van der Waals surface area contributed by atoms with Gasteiger partial charge in [-0.05, 0) is 49.9 Å². The number of aliphatic hydroxyl groups is 1. The highest BCUT2D eigenvalue weighted by Crippen LogP contribution is 2.27. The third kappa shape index (κ3) is 3.89. The fourth-order valence-electron chi connectivity index (χ4n) is 2.72. The van der Waals surface area contributed by atoms with Crippen molar-refractivity contribution in [2.75, 3.05) is 7.11 Å². The number of carbonyl (C=O) groups excluding carboxylic acids is 1. The van der Waals surface area contributed by atoms with Crippen LogP contribution < -0.4 is 10.1 Å². The maximum atomic E-state index is 12.3. The highest BCUT2D eigenvalue weighted by Gasteiger charge is 2.22. The van der Waals surface area contributed by atoms with Gasteiger partial charge in [-0.2, -0.15) is 0 Å². The number of aliphatic hydroxyl groups excluding tert-OH is 1. The van der Waals surface area contributed by atoms with Gasteiger partial charge in [0, 0.05) is 11.6 Å². The second-order valence-electron chi connectivity index (χ2n) is 5.74. The van der Waals surface area contributed by atoms with Crippen LogP contribution in [0, 0.1) is 0 Å². The van der Waals surface area contributed by atoms with Crippen molar-refractivity contribution in [3.05, 3.63) is 35.3 Å². The van der Waals surface area contributed by atoms with E-state index in [0.717, 1.165) is 42.0 Å². The zero-order valence-corrected chi connectivity index (χ0v) is 13.8. The maximum Gasteiger partial charge on any atom is 0.263 e. The van der Waals surface area contributed by atoms with E-state index in [-0.39, 0.29) is 18.1 Å². The molecule has 23 heavy (non-hydrogen) atoms. The van der Waals surface area contributed by atoms with Gasteiger partial charge in [-0.25, -0.2) is 4.98 Å². The van der Waals surface area contributed by atoms with Crippen LogP contribution in [-0.2, 0) is 0 Å². The number of ether oxygens (including phenoxy) is 1. The van der Waals surface area contributed by atoms with Gasteiger partial charge in [0.2, 0.25) is 0 Å². The van der Waals surface area contributed by atoms with E-state index >= 15 is 0 Å². The van der Waals surface area contributed by atoms with Crippen LogP contribution in [0.15, 0.2) is 30.5 Å². The summed E-state index contributed by atoms with van der Waals surface area (Å²) in [5.74, 6) is 0.714. The van der Waals surface area contributed by atoms with Crippen LogP contribution in [0.1, 0.15) is 35.4 Å². The molecule has 2 aromatic rings. The molecule has 1 fully saturated rings. The summed E-state index contributed by atoms with van der Waals surface area (Å²) in [5, 5.41) is 13.4. The van der Waals surface area contributed by atoms with E-state index in [1.165, 1.54) is 11.3 Å². The number of amides is 1. The van der Waals surface area contributed by atoms with E-state index in [9.17, 15) is 9.90 Å². The Kier molecular flexibility index (Phi) is 4.93. The molecule has 6 heteroatoms. The molecule has 0 saturated heterocycles. The Bertz CT molecular complexity index is 661. The summed E-state index contributed by atoms with van der Waals surface area (Å²) < 4.78 is 5.14. The molecule has 3 rings (SSSR count). The van der Waals surface area contributed by atoms with Gasteiger partial charge < -0.3 is 15.2 Å². The zero-order valence-electron chi connectivity index (χ0n) is 13.0. The molecule has 122 valence electrons. The molecule has 0 atom stereocenters. The lowest BCUT2D eigenvalue weighted by Gasteiger charge is -2.25. The Morgan fingerprint density at radius 3 is 2.61 bits per heavy atom. The summed E-state index contributed by atoms with van der Waals surface area (Å²) in [5.41, 5.74) is 0.968. The standard InChI is InChI=1S/C17H20N2O3S/c1-22-14-8-2-11(3-9-14)17-18-10-15(23-17)16(21)19-12-4-6-13(20)7-5-12/h2-3,8-10,12-13,20H,4-7H2,1H3,(H,19,21). The first-order valence-corrected chi connectivity index (χ1v) is 8.56. The Hall–Kier alpha value is -1.92. The Labute approximate surface area is 139 Å². The molecule has 0 radical (unpaired) electrons. The van der Waals surface area contributed by atoms with Crippen molar-refractivity contribution in [1.29, 1.82) is 0 Å². The minimum atomic E-state index is -0.215. The monoisotopic (exact) mass is 332 g/mol. The largest absolute Gasteiger partial charge is 0.497 e. The Morgan fingerprint density at radius 1 is 1.26 bits per heavy atom. The second kappa shape index (κ2) is 7.10. The molecule has 1 aromatic carbocycles. The highest BCUT2D eigenvalue weighted by atomic mass is 32.1.